The molecule has 5 aliphatic carbocycles. The number of hydrogen-bond acceptors (Lipinski definition) is 0. The lowest BCUT2D eigenvalue weighted by Crippen LogP contribution is -2.39. The highest BCUT2D eigenvalue weighted by Crippen LogP contribution is 2.55. The molecule has 5 rings (SSSR count). The SMILES string of the molecule is CC1C(C)C(C)C1C.CC1CC(C)C(C)CC1C.CC1CC(C)C2C(C)CC(C)C12.CCC1C(C)CC(C)C1C. The predicted molar refractivity (Wildman–Crippen MR) is 181 cm³/mol. The van der Waals surface area contributed by atoms with Crippen LogP contribution in [0.3, 0.4) is 0 Å². The zero-order valence-corrected chi connectivity index (χ0v) is 30.6. The first-order valence-electron chi connectivity index (χ1n) is 18.5. The van der Waals surface area contributed by atoms with Gasteiger partial charge in [0.25, 0.3) is 0 Å². The Morgan fingerprint density at radius 3 is 0.750 bits per heavy atom. The van der Waals surface area contributed by atoms with Crippen LogP contribution in [0.1, 0.15) is 149 Å². The molecule has 0 radical (unpaired) electrons. The van der Waals surface area contributed by atoms with Crippen molar-refractivity contribution in [1.82, 2.24) is 0 Å². The Bertz CT molecular complexity index is 615. The van der Waals surface area contributed by atoms with Crippen LogP contribution in [0.4, 0.5) is 0 Å². The van der Waals surface area contributed by atoms with Gasteiger partial charge in [0.1, 0.15) is 0 Å². The minimum Gasteiger partial charge on any atom is -0.0651 e. The normalized spacial score (nSPS) is 53.1. The molecule has 5 saturated carbocycles. The van der Waals surface area contributed by atoms with Gasteiger partial charge in [0.2, 0.25) is 0 Å². The van der Waals surface area contributed by atoms with Crippen LogP contribution in [0, 0.1) is 107 Å². The highest BCUT2D eigenvalue weighted by Gasteiger charge is 2.48. The quantitative estimate of drug-likeness (QED) is 0.300. The summed E-state index contributed by atoms with van der Waals surface area (Å²) >= 11 is 0. The van der Waals surface area contributed by atoms with E-state index in [1.165, 1.54) is 38.5 Å². The van der Waals surface area contributed by atoms with E-state index in [0.717, 1.165) is 107 Å². The summed E-state index contributed by atoms with van der Waals surface area (Å²) < 4.78 is 0. The van der Waals surface area contributed by atoms with E-state index in [1.807, 2.05) is 0 Å². The topological polar surface area (TPSA) is 0 Å². The minimum absolute atomic E-state index is 0.964. The lowest BCUT2D eigenvalue weighted by Gasteiger charge is -2.45. The van der Waals surface area contributed by atoms with E-state index >= 15 is 0 Å². The fourth-order valence-corrected chi connectivity index (χ4v) is 11.0. The van der Waals surface area contributed by atoms with Crippen LogP contribution in [0.2, 0.25) is 0 Å². The first-order valence-corrected chi connectivity index (χ1v) is 18.5. The van der Waals surface area contributed by atoms with Gasteiger partial charge in [-0.05, 0) is 139 Å². The van der Waals surface area contributed by atoms with Gasteiger partial charge in [-0.25, -0.2) is 0 Å². The van der Waals surface area contributed by atoms with Gasteiger partial charge in [-0.15, -0.1) is 0 Å². The van der Waals surface area contributed by atoms with Crippen molar-refractivity contribution in [3.8, 4) is 0 Å². The van der Waals surface area contributed by atoms with Crippen molar-refractivity contribution in [3.05, 3.63) is 0 Å². The third-order valence-corrected chi connectivity index (χ3v) is 14.8. The Kier molecular flexibility index (Phi) is 14.2. The van der Waals surface area contributed by atoms with Crippen molar-refractivity contribution in [1.29, 1.82) is 0 Å². The third kappa shape index (κ3) is 8.55. The van der Waals surface area contributed by atoms with Crippen molar-refractivity contribution in [2.24, 2.45) is 107 Å². The summed E-state index contributed by atoms with van der Waals surface area (Å²) in [5.41, 5.74) is 0. The summed E-state index contributed by atoms with van der Waals surface area (Å²) in [5, 5.41) is 0. The molecule has 5 fully saturated rings. The molecule has 0 aromatic rings. The zero-order valence-electron chi connectivity index (χ0n) is 30.6. The van der Waals surface area contributed by atoms with E-state index in [0.29, 0.717) is 0 Å². The van der Waals surface area contributed by atoms with Crippen LogP contribution < -0.4 is 0 Å². The fourth-order valence-electron chi connectivity index (χ4n) is 11.0. The molecule has 40 heavy (non-hydrogen) atoms. The molecule has 0 amide bonds. The Hall–Kier alpha value is 0. The van der Waals surface area contributed by atoms with Gasteiger partial charge < -0.3 is 0 Å². The smallest absolute Gasteiger partial charge is 0.0329 e. The van der Waals surface area contributed by atoms with Crippen LogP contribution in [-0.4, -0.2) is 0 Å². The van der Waals surface area contributed by atoms with Gasteiger partial charge in [-0.3, -0.25) is 0 Å². The molecule has 5 aliphatic rings. The minimum atomic E-state index is 0.964. The maximum absolute atomic E-state index is 2.47. The molecule has 0 heteroatoms. The molecule has 0 nitrogen and oxygen atoms in total. The highest BCUT2D eigenvalue weighted by atomic mass is 14.5. The van der Waals surface area contributed by atoms with Gasteiger partial charge in [-0.1, -0.05) is 117 Å². The summed E-state index contributed by atoms with van der Waals surface area (Å²) in [6.07, 6.45) is 8.71. The summed E-state index contributed by atoms with van der Waals surface area (Å²) in [5.74, 6) is 17.8. The van der Waals surface area contributed by atoms with Gasteiger partial charge >= 0.3 is 0 Å². The summed E-state index contributed by atoms with van der Waals surface area (Å²) in [6, 6.07) is 0. The molecule has 0 N–H and O–H groups in total. The molecule has 0 spiro atoms. The summed E-state index contributed by atoms with van der Waals surface area (Å²) in [4.78, 5) is 0. The van der Waals surface area contributed by atoms with Gasteiger partial charge in [0, 0.05) is 0 Å². The Balaban J connectivity index is 0.000000189. The molecule has 238 valence electrons. The Morgan fingerprint density at radius 2 is 0.550 bits per heavy atom. The van der Waals surface area contributed by atoms with Crippen LogP contribution >= 0.6 is 0 Å². The van der Waals surface area contributed by atoms with Crippen LogP contribution in [0.25, 0.3) is 0 Å². The first kappa shape index (κ1) is 36.2. The average molecular weight is 559 g/mol. The van der Waals surface area contributed by atoms with Crippen LogP contribution in [0.15, 0.2) is 0 Å². The summed E-state index contributed by atoms with van der Waals surface area (Å²) in [6.45, 7) is 38.4. The standard InChI is InChI=1S/C12H22.2C10H20.C8H16/c1-7-5-8(2)12-10(4)6-9(3)11(7)12;1-7-5-9(3)10(4)6-8(7)2;1-5-10-8(3)6-7(2)9(10)4;1-5-6(2)8(4)7(5)3/h7-12H,5-6H2,1-4H3;2*7-10H,5-6H2,1-4H3;5-8H,1-4H3. The number of hydrogen-bond donors (Lipinski definition) is 0. The van der Waals surface area contributed by atoms with E-state index in [-0.39, 0.29) is 0 Å². The van der Waals surface area contributed by atoms with E-state index in [4.69, 9.17) is 0 Å². The van der Waals surface area contributed by atoms with Crippen molar-refractivity contribution in [2.45, 2.75) is 149 Å². The van der Waals surface area contributed by atoms with E-state index in [1.54, 1.807) is 0 Å². The molecular weight excluding hydrogens is 480 g/mol. The maximum atomic E-state index is 2.47. The molecule has 0 aromatic carbocycles. The molecule has 12 unspecified atom stereocenters. The molecule has 0 heterocycles. The molecule has 0 aliphatic heterocycles. The van der Waals surface area contributed by atoms with E-state index in [9.17, 15) is 0 Å². The second-order valence-corrected chi connectivity index (χ2v) is 17.5. The molecule has 0 aromatic heterocycles. The average Bonchev–Trinajstić information content (AvgIpc) is 3.47. The zero-order chi connectivity index (χ0) is 30.6. The van der Waals surface area contributed by atoms with Gasteiger partial charge in [0.15, 0.2) is 0 Å². The lowest BCUT2D eigenvalue weighted by molar-refractivity contribution is 0.0302. The van der Waals surface area contributed by atoms with Crippen LogP contribution in [0.5, 0.6) is 0 Å². The highest BCUT2D eigenvalue weighted by molar-refractivity contribution is 4.97. The number of rotatable bonds is 1. The fraction of sp³-hybridized carbons (Fsp3) is 1.00. The first-order chi connectivity index (χ1) is 18.5. The largest absolute Gasteiger partial charge is 0.0651 e. The van der Waals surface area contributed by atoms with Crippen LogP contribution in [-0.2, 0) is 0 Å². The maximum Gasteiger partial charge on any atom is -0.0329 e. The number of fused-ring (bicyclic) bond motifs is 1. The van der Waals surface area contributed by atoms with Crippen molar-refractivity contribution in [2.75, 3.05) is 0 Å². The van der Waals surface area contributed by atoms with Gasteiger partial charge in [0.05, 0.1) is 0 Å². The lowest BCUT2D eigenvalue weighted by atomic mass is 9.60. The Labute approximate surface area is 255 Å². The second-order valence-electron chi connectivity index (χ2n) is 17.5. The van der Waals surface area contributed by atoms with E-state index in [2.05, 4.69) is 111 Å². The van der Waals surface area contributed by atoms with Gasteiger partial charge in [-0.2, -0.15) is 0 Å². The van der Waals surface area contributed by atoms with E-state index < -0.39 is 0 Å². The monoisotopic (exact) mass is 559 g/mol. The molecule has 0 bridgehead atoms. The van der Waals surface area contributed by atoms with Crippen molar-refractivity contribution >= 4 is 0 Å². The van der Waals surface area contributed by atoms with Crippen molar-refractivity contribution in [3.63, 3.8) is 0 Å². The second kappa shape index (κ2) is 15.6. The predicted octanol–water partition coefficient (Wildman–Crippen LogP) is 12.8. The molecule has 12 atom stereocenters. The van der Waals surface area contributed by atoms with Crippen molar-refractivity contribution < 1.29 is 0 Å². The third-order valence-electron chi connectivity index (χ3n) is 14.8. The molecule has 0 saturated heterocycles. The Morgan fingerprint density at radius 1 is 0.300 bits per heavy atom. The molecular formula is C40H78. The summed E-state index contributed by atoms with van der Waals surface area (Å²) in [7, 11) is 0.